The Balaban J connectivity index is 2.93. The Morgan fingerprint density at radius 1 is 2.00 bits per heavy atom. The Morgan fingerprint density at radius 3 is 2.60 bits per heavy atom. The van der Waals surface area contributed by atoms with E-state index in [0.29, 0.717) is 0 Å². The molecule has 2 atom stereocenters. The summed E-state index contributed by atoms with van der Waals surface area (Å²) in [6.45, 7) is 0. The molecule has 0 amide bonds. The van der Waals surface area contributed by atoms with E-state index >= 15 is 0 Å². The highest BCUT2D eigenvalue weighted by Gasteiger charge is 1.50. The number of azide groups is 1. The van der Waals surface area contributed by atoms with E-state index in [0.717, 1.165) is 0 Å². The monoisotopic (exact) mass is 107 g/mol. The second-order valence-corrected chi connectivity index (χ2v) is 1.55. The van der Waals surface area contributed by atoms with Crippen molar-refractivity contribution in [2.45, 2.75) is 0 Å². The van der Waals surface area contributed by atoms with Crippen LogP contribution >= 0.6 is 17.3 Å². The first kappa shape index (κ1) is 5.17. The Morgan fingerprint density at radius 2 is 2.60 bits per heavy atom. The average Bonchev–Trinajstić information content (AvgIpc) is 1.41. The van der Waals surface area contributed by atoms with Gasteiger partial charge in [0.15, 0.2) is 0 Å². The van der Waals surface area contributed by atoms with Crippen LogP contribution < -0.4 is 0 Å². The molecule has 5 heteroatoms. The topological polar surface area (TPSA) is 48.8 Å². The molecule has 0 N–H and O–H groups in total. The molecule has 0 rings (SSSR count). The quantitative estimate of drug-likeness (QED) is 0.212. The van der Waals surface area contributed by atoms with Crippen LogP contribution in [0, 0.1) is 0 Å². The molecule has 0 heterocycles. The first-order valence-corrected chi connectivity index (χ1v) is 3.67. The first-order valence-electron chi connectivity index (χ1n) is 0.912. The fourth-order valence-electron chi connectivity index (χ4n) is 0.0258. The van der Waals surface area contributed by atoms with Crippen molar-refractivity contribution in [3.63, 3.8) is 0 Å². The lowest BCUT2D eigenvalue weighted by Crippen LogP contribution is -1.05. The molecule has 0 aliphatic rings. The van der Waals surface area contributed by atoms with E-state index in [1.165, 1.54) is 0 Å². The highest BCUT2D eigenvalue weighted by molar-refractivity contribution is 8.02. The van der Waals surface area contributed by atoms with E-state index in [-0.39, 0.29) is 8.42 Å². The largest absolute Gasteiger partial charge is 0.108 e. The summed E-state index contributed by atoms with van der Waals surface area (Å²) in [6.07, 6.45) is 0. The summed E-state index contributed by atoms with van der Waals surface area (Å²) in [5.74, 6) is 0. The van der Waals surface area contributed by atoms with E-state index in [4.69, 9.17) is 5.53 Å². The summed E-state index contributed by atoms with van der Waals surface area (Å²) >= 11 is 0. The van der Waals surface area contributed by atoms with Crippen LogP contribution in [0.1, 0.15) is 0 Å². The van der Waals surface area contributed by atoms with Gasteiger partial charge in [0.05, 0.1) is 0 Å². The Kier molecular flexibility index (Phi) is 4.31. The normalized spacial score (nSPS) is 8.20. The maximum Gasteiger partial charge on any atom is 0.00479 e. The van der Waals surface area contributed by atoms with E-state index < -0.39 is 0 Å². The lowest BCUT2D eigenvalue weighted by Gasteiger charge is -1.58. The fourth-order valence-corrected chi connectivity index (χ4v) is 0.232. The summed E-state index contributed by atoms with van der Waals surface area (Å²) in [6, 6.07) is 0. The van der Waals surface area contributed by atoms with E-state index in [9.17, 15) is 0 Å². The SMILES string of the molecule is [N-]=[N+]=NPP. The Bertz CT molecular complexity index is 51.9. The summed E-state index contributed by atoms with van der Waals surface area (Å²) in [5, 5.41) is 0. The van der Waals surface area contributed by atoms with Crippen LogP contribution in [0.15, 0.2) is 4.88 Å². The van der Waals surface area contributed by atoms with Crippen LogP contribution in [0.3, 0.4) is 0 Å². The van der Waals surface area contributed by atoms with Crippen molar-refractivity contribution >= 4 is 17.3 Å². The van der Waals surface area contributed by atoms with Gasteiger partial charge in [-0.2, -0.15) is 0 Å². The van der Waals surface area contributed by atoms with Crippen LogP contribution in [-0.4, -0.2) is 0 Å². The zero-order valence-corrected chi connectivity index (χ0v) is 4.57. The number of nitrogens with zero attached hydrogens (tertiary/aromatic N) is 3. The summed E-state index contributed by atoms with van der Waals surface area (Å²) < 4.78 is 0. The van der Waals surface area contributed by atoms with Crippen LogP contribution in [0.25, 0.3) is 10.4 Å². The zero-order valence-electron chi connectivity index (χ0n) is 2.42. The van der Waals surface area contributed by atoms with Crippen molar-refractivity contribution < 1.29 is 0 Å². The lowest BCUT2D eigenvalue weighted by molar-refractivity contribution is 1.82. The molecule has 0 radical (unpaired) electrons. The molecule has 0 aliphatic heterocycles. The molecule has 0 saturated heterocycles. The minimum Gasteiger partial charge on any atom is -0.108 e. The highest BCUT2D eigenvalue weighted by atomic mass is 32.0. The van der Waals surface area contributed by atoms with Gasteiger partial charge in [-0.15, -0.1) is 8.93 Å². The van der Waals surface area contributed by atoms with Gasteiger partial charge in [-0.3, -0.25) is 0 Å². The predicted molar refractivity (Wildman–Crippen MR) is 27.2 cm³/mol. The predicted octanol–water partition coefficient (Wildman–Crippen LogP) is 1.68. The van der Waals surface area contributed by atoms with Gasteiger partial charge in [0.25, 0.3) is 0 Å². The third kappa shape index (κ3) is 4.17. The molecule has 28 valence electrons. The van der Waals surface area contributed by atoms with Crippen molar-refractivity contribution in [3.05, 3.63) is 10.4 Å². The standard InChI is InChI=1S/H3N3P2/c1-2-3-5-4/h5H,4H2. The Hall–Kier alpha value is 0.170. The van der Waals surface area contributed by atoms with Crippen LogP contribution in [0.2, 0.25) is 0 Å². The number of hydrogen-bond acceptors (Lipinski definition) is 1. The second-order valence-electron chi connectivity index (χ2n) is 0.319. The maximum absolute atomic E-state index is 7.52. The molecular weight excluding hydrogens is 104 g/mol. The molecular formula is H3N3P2. The third-order valence-electron chi connectivity index (χ3n) is 0.102. The van der Waals surface area contributed by atoms with Crippen molar-refractivity contribution in [2.75, 3.05) is 0 Å². The van der Waals surface area contributed by atoms with Gasteiger partial charge in [-0.05, 0) is 14.0 Å². The number of hydrogen-bond donors (Lipinski definition) is 0. The van der Waals surface area contributed by atoms with Gasteiger partial charge < -0.3 is 0 Å². The average molecular weight is 107 g/mol. The van der Waals surface area contributed by atoms with Crippen LogP contribution in [0.5, 0.6) is 0 Å². The molecule has 0 bridgehead atoms. The second kappa shape index (κ2) is 4.17. The fraction of sp³-hybridized carbons (Fsp3) is 0. The van der Waals surface area contributed by atoms with Crippen LogP contribution in [-0.2, 0) is 0 Å². The van der Waals surface area contributed by atoms with Crippen molar-refractivity contribution in [3.8, 4) is 0 Å². The minimum atomic E-state index is 0.283. The van der Waals surface area contributed by atoms with Gasteiger partial charge in [-0.1, -0.05) is 4.88 Å². The maximum atomic E-state index is 7.52. The molecule has 0 aromatic rings. The third-order valence-corrected chi connectivity index (χ3v) is 0.654. The molecule has 0 aromatic heterocycles. The minimum absolute atomic E-state index is 0.283. The molecule has 0 spiro atoms. The summed E-state index contributed by atoms with van der Waals surface area (Å²) in [5.41, 5.74) is 7.52. The van der Waals surface area contributed by atoms with Gasteiger partial charge in [0.1, 0.15) is 0 Å². The molecule has 5 heavy (non-hydrogen) atoms. The van der Waals surface area contributed by atoms with Crippen LogP contribution in [0.4, 0.5) is 0 Å². The lowest BCUT2D eigenvalue weighted by atomic mass is 13.0. The number of rotatable bonds is 1. The summed E-state index contributed by atoms with van der Waals surface area (Å²) in [4.78, 5) is 5.61. The smallest absolute Gasteiger partial charge is 0.00479 e. The van der Waals surface area contributed by atoms with Gasteiger partial charge in [0, 0.05) is 4.91 Å². The molecule has 0 aliphatic carbocycles. The van der Waals surface area contributed by atoms with Crippen molar-refractivity contribution in [2.24, 2.45) is 4.88 Å². The van der Waals surface area contributed by atoms with Gasteiger partial charge in [-0.25, -0.2) is 0 Å². The molecule has 3 nitrogen and oxygen atoms in total. The molecule has 2 unspecified atom stereocenters. The highest BCUT2D eigenvalue weighted by Crippen LogP contribution is 2.20. The van der Waals surface area contributed by atoms with E-state index in [2.05, 4.69) is 18.7 Å². The molecule has 0 saturated carbocycles. The molecule has 0 fully saturated rings. The zero-order chi connectivity index (χ0) is 4.12. The van der Waals surface area contributed by atoms with Crippen molar-refractivity contribution in [1.29, 1.82) is 0 Å². The van der Waals surface area contributed by atoms with E-state index in [1.54, 1.807) is 0 Å². The van der Waals surface area contributed by atoms with Gasteiger partial charge in [0.2, 0.25) is 0 Å². The van der Waals surface area contributed by atoms with Gasteiger partial charge >= 0.3 is 0 Å². The first-order chi connectivity index (χ1) is 2.41. The molecule has 0 aromatic carbocycles. The van der Waals surface area contributed by atoms with Crippen molar-refractivity contribution in [1.82, 2.24) is 0 Å². The Labute approximate surface area is 33.7 Å². The summed E-state index contributed by atoms with van der Waals surface area (Å²) in [7, 11) is 2.59. The van der Waals surface area contributed by atoms with E-state index in [1.807, 2.05) is 0 Å².